The molecular weight excluding hydrogens is 609 g/mol. The van der Waals surface area contributed by atoms with E-state index >= 15 is 0 Å². The molecule has 1 heterocycles. The smallest absolute Gasteiger partial charge is 0.293 e. The summed E-state index contributed by atoms with van der Waals surface area (Å²) in [7, 11) is -4.35. The first-order chi connectivity index (χ1) is 22.1. The van der Waals surface area contributed by atoms with Gasteiger partial charge in [0, 0.05) is 17.7 Å². The summed E-state index contributed by atoms with van der Waals surface area (Å²) < 4.78 is 41.5. The minimum Gasteiger partial charge on any atom is -0.378 e. The van der Waals surface area contributed by atoms with Crippen LogP contribution in [0, 0.1) is 21.8 Å². The number of nitrogens with one attached hydrogen (secondary N) is 2. The van der Waals surface area contributed by atoms with Crippen LogP contribution in [0.25, 0.3) is 0 Å². The molecule has 1 aliphatic carbocycles. The monoisotopic (exact) mass is 639 g/mol. The molecule has 46 heavy (non-hydrogen) atoms. The molecule has 234 valence electrons. The van der Waals surface area contributed by atoms with Gasteiger partial charge < -0.3 is 5.32 Å². The maximum atomic E-state index is 13.6. The molecule has 0 aromatic heterocycles. The Morgan fingerprint density at radius 2 is 1.76 bits per heavy atom. The van der Waals surface area contributed by atoms with Crippen LogP contribution in [0.5, 0.6) is 0 Å². The number of amides is 1. The van der Waals surface area contributed by atoms with Crippen molar-refractivity contribution in [1.82, 2.24) is 5.43 Å². The van der Waals surface area contributed by atoms with Crippen molar-refractivity contribution in [2.75, 3.05) is 16.2 Å². The molecule has 3 atom stereocenters. The van der Waals surface area contributed by atoms with Crippen molar-refractivity contribution in [3.63, 3.8) is 0 Å². The minimum absolute atomic E-state index is 0.0172. The van der Waals surface area contributed by atoms with Gasteiger partial charge >= 0.3 is 0 Å². The van der Waals surface area contributed by atoms with E-state index in [4.69, 9.17) is 0 Å². The second kappa shape index (κ2) is 12.6. The lowest BCUT2D eigenvalue weighted by atomic mass is 9.76. The summed E-state index contributed by atoms with van der Waals surface area (Å²) in [5.74, 6) is -0.686. The van der Waals surface area contributed by atoms with Crippen LogP contribution in [0.15, 0.2) is 119 Å². The molecule has 2 N–H and O–H groups in total. The third kappa shape index (κ3) is 5.98. The van der Waals surface area contributed by atoms with Crippen molar-refractivity contribution >= 4 is 38.7 Å². The molecule has 6 rings (SSSR count). The lowest BCUT2D eigenvalue weighted by Gasteiger charge is -2.37. The molecule has 4 aromatic carbocycles. The number of halogens is 1. The maximum absolute atomic E-state index is 13.6. The molecule has 0 spiro atoms. The Labute approximate surface area is 265 Å². The Morgan fingerprint density at radius 3 is 2.50 bits per heavy atom. The van der Waals surface area contributed by atoms with Crippen LogP contribution < -0.4 is 15.0 Å². The van der Waals surface area contributed by atoms with Crippen LogP contribution in [0.4, 0.5) is 21.5 Å². The van der Waals surface area contributed by atoms with Gasteiger partial charge in [-0.3, -0.25) is 14.9 Å². The summed E-state index contributed by atoms with van der Waals surface area (Å²) in [6.45, 7) is 0.981. The number of allylic oxidation sites excluding steroid dienone is 2. The number of para-hydroxylation sites is 2. The second-order valence-corrected chi connectivity index (χ2v) is 13.0. The molecule has 0 fully saturated rings. The SMILES string of the molecule is C/C(=N/NC(=O)CN(c1ccccc1[N+](=O)[O-])S(=O)(=O)c1ccccc1)c1ccc2c(c1)[C@@H]1C=CC[C@@H]1[C@H](c1ccc(F)cc1)N2. The van der Waals surface area contributed by atoms with Gasteiger partial charge in [0.2, 0.25) is 0 Å². The normalized spacial score (nSPS) is 18.7. The van der Waals surface area contributed by atoms with E-state index in [9.17, 15) is 27.7 Å². The van der Waals surface area contributed by atoms with E-state index in [-0.39, 0.29) is 34.3 Å². The molecule has 0 saturated carbocycles. The van der Waals surface area contributed by atoms with Gasteiger partial charge in [-0.1, -0.05) is 60.7 Å². The predicted octanol–water partition coefficient (Wildman–Crippen LogP) is 6.30. The van der Waals surface area contributed by atoms with Crippen molar-refractivity contribution in [1.29, 1.82) is 0 Å². The fourth-order valence-electron chi connectivity index (χ4n) is 6.04. The summed E-state index contributed by atoms with van der Waals surface area (Å²) >= 11 is 0. The Hall–Kier alpha value is -5.36. The zero-order chi connectivity index (χ0) is 32.4. The zero-order valence-electron chi connectivity index (χ0n) is 24.7. The molecular formula is C34H30FN5O5S. The number of rotatable bonds is 9. The van der Waals surface area contributed by atoms with Gasteiger partial charge in [-0.15, -0.1) is 0 Å². The molecule has 10 nitrogen and oxygen atoms in total. The number of hydrogen-bond donors (Lipinski definition) is 2. The third-order valence-electron chi connectivity index (χ3n) is 8.32. The van der Waals surface area contributed by atoms with Crippen LogP contribution in [-0.4, -0.2) is 31.5 Å². The van der Waals surface area contributed by atoms with Crippen molar-refractivity contribution in [2.45, 2.75) is 30.2 Å². The summed E-state index contributed by atoms with van der Waals surface area (Å²) in [5.41, 5.74) is 6.01. The van der Waals surface area contributed by atoms with E-state index < -0.39 is 33.1 Å². The summed E-state index contributed by atoms with van der Waals surface area (Å²) in [5, 5.41) is 19.6. The minimum atomic E-state index is -4.35. The molecule has 4 aromatic rings. The van der Waals surface area contributed by atoms with Gasteiger partial charge in [-0.2, -0.15) is 5.10 Å². The Kier molecular flexibility index (Phi) is 8.37. The largest absolute Gasteiger partial charge is 0.378 e. The maximum Gasteiger partial charge on any atom is 0.293 e. The van der Waals surface area contributed by atoms with Gasteiger partial charge in [0.1, 0.15) is 18.0 Å². The highest BCUT2D eigenvalue weighted by atomic mass is 32.2. The van der Waals surface area contributed by atoms with Crippen LogP contribution in [0.3, 0.4) is 0 Å². The average Bonchev–Trinajstić information content (AvgIpc) is 3.57. The number of nitro benzene ring substituents is 1. The number of hydrogen-bond acceptors (Lipinski definition) is 7. The number of sulfonamides is 1. The Balaban J connectivity index is 1.24. The first-order valence-electron chi connectivity index (χ1n) is 14.6. The number of benzene rings is 4. The molecule has 0 bridgehead atoms. The van der Waals surface area contributed by atoms with E-state index in [0.29, 0.717) is 5.71 Å². The molecule has 2 aliphatic rings. The van der Waals surface area contributed by atoms with Gasteiger partial charge in [0.05, 0.1) is 21.6 Å². The van der Waals surface area contributed by atoms with Crippen LogP contribution in [-0.2, 0) is 14.8 Å². The number of hydrazone groups is 1. The first kappa shape index (κ1) is 30.7. The highest BCUT2D eigenvalue weighted by molar-refractivity contribution is 7.92. The van der Waals surface area contributed by atoms with Gasteiger partial charge in [-0.25, -0.2) is 22.5 Å². The van der Waals surface area contributed by atoms with E-state index in [2.05, 4.69) is 28.0 Å². The van der Waals surface area contributed by atoms with Crippen LogP contribution in [0.2, 0.25) is 0 Å². The van der Waals surface area contributed by atoms with Gasteiger partial charge in [0.25, 0.3) is 21.6 Å². The number of nitrogens with zero attached hydrogens (tertiary/aromatic N) is 3. The summed E-state index contributed by atoms with van der Waals surface area (Å²) in [6, 6.07) is 25.2. The quantitative estimate of drug-likeness (QED) is 0.0956. The van der Waals surface area contributed by atoms with E-state index in [1.807, 2.05) is 30.3 Å². The number of carbonyl (C=O) groups is 1. The molecule has 0 unspecified atom stereocenters. The van der Waals surface area contributed by atoms with Crippen LogP contribution in [0.1, 0.15) is 42.0 Å². The summed E-state index contributed by atoms with van der Waals surface area (Å²) in [6.07, 6.45) is 5.21. The van der Waals surface area contributed by atoms with Crippen molar-refractivity contribution in [3.05, 3.63) is 142 Å². The molecule has 1 amide bonds. The average molecular weight is 640 g/mol. The third-order valence-corrected chi connectivity index (χ3v) is 10.1. The number of anilines is 2. The molecule has 0 saturated heterocycles. The highest BCUT2D eigenvalue weighted by Crippen LogP contribution is 2.50. The van der Waals surface area contributed by atoms with E-state index in [1.165, 1.54) is 60.7 Å². The van der Waals surface area contributed by atoms with E-state index in [0.717, 1.165) is 33.1 Å². The van der Waals surface area contributed by atoms with Crippen molar-refractivity contribution in [3.8, 4) is 0 Å². The van der Waals surface area contributed by atoms with Gasteiger partial charge in [0.15, 0.2) is 0 Å². The lowest BCUT2D eigenvalue weighted by molar-refractivity contribution is -0.384. The van der Waals surface area contributed by atoms with Gasteiger partial charge in [-0.05, 0) is 78.4 Å². The lowest BCUT2D eigenvalue weighted by Crippen LogP contribution is -2.40. The highest BCUT2D eigenvalue weighted by Gasteiger charge is 2.38. The van der Waals surface area contributed by atoms with Crippen molar-refractivity contribution in [2.24, 2.45) is 11.0 Å². The molecule has 12 heteroatoms. The fraction of sp³-hybridized carbons (Fsp3) is 0.176. The van der Waals surface area contributed by atoms with Crippen LogP contribution >= 0.6 is 0 Å². The van der Waals surface area contributed by atoms with Crippen molar-refractivity contribution < 1.29 is 22.5 Å². The molecule has 0 radical (unpaired) electrons. The van der Waals surface area contributed by atoms with E-state index in [1.54, 1.807) is 13.0 Å². The zero-order valence-corrected chi connectivity index (χ0v) is 25.5. The first-order valence-corrected chi connectivity index (χ1v) is 16.0. The Bertz CT molecular complexity index is 1970. The fourth-order valence-corrected chi connectivity index (χ4v) is 7.50. The predicted molar refractivity (Wildman–Crippen MR) is 174 cm³/mol. The second-order valence-electron chi connectivity index (χ2n) is 11.1. The Morgan fingerprint density at radius 1 is 1.04 bits per heavy atom. The summed E-state index contributed by atoms with van der Waals surface area (Å²) in [4.78, 5) is 24.1. The molecule has 1 aliphatic heterocycles. The topological polar surface area (TPSA) is 134 Å². The number of fused-ring (bicyclic) bond motifs is 3. The number of nitro groups is 1. The number of carbonyl (C=O) groups excluding carboxylic acids is 1. The standard InChI is InChI=1S/C34H30FN5O5S/c1-22(24-16-19-30-29(20-24)27-10-7-11-28(27)34(36-30)23-14-17-25(35)18-15-23)37-38-33(41)21-39(31-12-5-6-13-32(31)40(42)43)46(44,45)26-8-3-2-4-9-26/h2-10,12-20,27-28,34,36H,11,21H2,1H3,(H,38,41)/b37-22-/t27-,28+,34+/m1/s1.